The Bertz CT molecular complexity index is 679. The van der Waals surface area contributed by atoms with Crippen LogP contribution < -0.4 is 0 Å². The number of carbonyl (C=O) groups excluding carboxylic acids is 1. The van der Waals surface area contributed by atoms with Crippen molar-refractivity contribution in [2.24, 2.45) is 0 Å². The minimum atomic E-state index is 0.110. The summed E-state index contributed by atoms with van der Waals surface area (Å²) in [6, 6.07) is 8.06. The maximum Gasteiger partial charge on any atom is 0.253 e. The van der Waals surface area contributed by atoms with Gasteiger partial charge in [0.15, 0.2) is 0 Å². The number of hydrogen-bond acceptors (Lipinski definition) is 2. The van der Waals surface area contributed by atoms with Crippen LogP contribution >= 0.6 is 0 Å². The average Bonchev–Trinajstić information content (AvgIpc) is 2.93. The van der Waals surface area contributed by atoms with Crippen molar-refractivity contribution in [1.82, 2.24) is 14.9 Å². The lowest BCUT2D eigenvalue weighted by Gasteiger charge is -2.25. The van der Waals surface area contributed by atoms with Crippen molar-refractivity contribution in [1.29, 1.82) is 0 Å². The Hall–Kier alpha value is -2.10. The van der Waals surface area contributed by atoms with Gasteiger partial charge in [-0.1, -0.05) is 32.9 Å². The second kappa shape index (κ2) is 6.19. The zero-order valence-electron chi connectivity index (χ0n) is 14.2. The molecule has 0 unspecified atom stereocenters. The predicted molar refractivity (Wildman–Crippen MR) is 91.7 cm³/mol. The lowest BCUT2D eigenvalue weighted by molar-refractivity contribution is 0.0752. The van der Waals surface area contributed by atoms with Crippen LogP contribution in [0.3, 0.4) is 0 Å². The second-order valence-corrected chi connectivity index (χ2v) is 7.30. The van der Waals surface area contributed by atoms with Gasteiger partial charge in [0.1, 0.15) is 0 Å². The summed E-state index contributed by atoms with van der Waals surface area (Å²) >= 11 is 0. The molecule has 2 aromatic rings. The first kappa shape index (κ1) is 15.8. The highest BCUT2D eigenvalue weighted by Crippen LogP contribution is 2.23. The fourth-order valence-electron chi connectivity index (χ4n) is 3.08. The molecule has 1 aromatic carbocycles. The number of imidazole rings is 1. The molecule has 0 saturated carbocycles. The number of carbonyl (C=O) groups is 1. The minimum absolute atomic E-state index is 0.110. The molecule has 4 nitrogen and oxygen atoms in total. The van der Waals surface area contributed by atoms with Gasteiger partial charge in [-0.3, -0.25) is 4.79 Å². The van der Waals surface area contributed by atoms with E-state index >= 15 is 0 Å². The van der Waals surface area contributed by atoms with Crippen molar-refractivity contribution in [2.75, 3.05) is 13.1 Å². The molecule has 1 N–H and O–H groups in total. The van der Waals surface area contributed by atoms with E-state index in [2.05, 4.69) is 42.9 Å². The number of rotatable bonds is 1. The fraction of sp³-hybridized carbons (Fsp3) is 0.474. The monoisotopic (exact) mass is 311 g/mol. The lowest BCUT2D eigenvalue weighted by Crippen LogP contribution is -2.35. The van der Waals surface area contributed by atoms with E-state index in [1.54, 1.807) is 6.33 Å². The largest absolute Gasteiger partial charge is 0.348 e. The molecule has 122 valence electrons. The third-order valence-electron chi connectivity index (χ3n) is 4.57. The van der Waals surface area contributed by atoms with Crippen molar-refractivity contribution in [3.05, 3.63) is 53.1 Å². The first-order valence-corrected chi connectivity index (χ1v) is 8.36. The van der Waals surface area contributed by atoms with Crippen molar-refractivity contribution >= 4 is 5.91 Å². The zero-order valence-corrected chi connectivity index (χ0v) is 14.2. The molecule has 0 atom stereocenters. The lowest BCUT2D eigenvalue weighted by atomic mass is 9.86. The molecule has 0 bridgehead atoms. The van der Waals surface area contributed by atoms with Crippen molar-refractivity contribution in [2.45, 2.75) is 45.4 Å². The van der Waals surface area contributed by atoms with E-state index in [1.807, 2.05) is 17.0 Å². The molecule has 23 heavy (non-hydrogen) atoms. The number of H-pyrrole nitrogens is 1. The molecule has 0 saturated heterocycles. The van der Waals surface area contributed by atoms with E-state index in [1.165, 1.54) is 11.3 Å². The fourth-order valence-corrected chi connectivity index (χ4v) is 3.08. The van der Waals surface area contributed by atoms with Crippen LogP contribution in [0.4, 0.5) is 0 Å². The van der Waals surface area contributed by atoms with Crippen LogP contribution in [-0.2, 0) is 18.3 Å². The summed E-state index contributed by atoms with van der Waals surface area (Å²) in [6.07, 6.45) is 4.51. The van der Waals surface area contributed by atoms with Gasteiger partial charge in [0.25, 0.3) is 5.91 Å². The Labute approximate surface area is 137 Å². The normalized spacial score (nSPS) is 15.7. The molecule has 0 fully saturated rings. The first-order chi connectivity index (χ1) is 10.9. The average molecular weight is 311 g/mol. The van der Waals surface area contributed by atoms with Gasteiger partial charge in [0.2, 0.25) is 0 Å². The maximum absolute atomic E-state index is 12.8. The summed E-state index contributed by atoms with van der Waals surface area (Å²) < 4.78 is 0. The van der Waals surface area contributed by atoms with E-state index in [9.17, 15) is 4.79 Å². The summed E-state index contributed by atoms with van der Waals surface area (Å²) in [6.45, 7) is 8.09. The molecule has 0 spiro atoms. The van der Waals surface area contributed by atoms with E-state index in [0.717, 1.165) is 43.6 Å². The Morgan fingerprint density at radius 2 is 1.87 bits per heavy atom. The third-order valence-corrected chi connectivity index (χ3v) is 4.57. The summed E-state index contributed by atoms with van der Waals surface area (Å²) in [5, 5.41) is 0. The SMILES string of the molecule is CC(C)(C)c1ccc(C(=O)N2CCCc3[nH]cnc3CC2)cc1. The number of amides is 1. The summed E-state index contributed by atoms with van der Waals surface area (Å²) in [4.78, 5) is 22.3. The van der Waals surface area contributed by atoms with E-state index < -0.39 is 0 Å². The number of nitrogens with one attached hydrogen (secondary N) is 1. The van der Waals surface area contributed by atoms with Crippen LogP contribution in [-0.4, -0.2) is 33.9 Å². The Morgan fingerprint density at radius 3 is 2.57 bits per heavy atom. The van der Waals surface area contributed by atoms with Crippen LogP contribution in [0.15, 0.2) is 30.6 Å². The summed E-state index contributed by atoms with van der Waals surface area (Å²) in [7, 11) is 0. The molecule has 1 amide bonds. The van der Waals surface area contributed by atoms with E-state index in [-0.39, 0.29) is 11.3 Å². The van der Waals surface area contributed by atoms with E-state index in [0.29, 0.717) is 0 Å². The number of aromatic amines is 1. The Kier molecular flexibility index (Phi) is 4.24. The molecular formula is C19H25N3O. The second-order valence-electron chi connectivity index (χ2n) is 7.30. The first-order valence-electron chi connectivity index (χ1n) is 8.36. The van der Waals surface area contributed by atoms with Crippen LogP contribution in [0.1, 0.15) is 54.5 Å². The number of hydrogen-bond donors (Lipinski definition) is 1. The standard InChI is InChI=1S/C19H25N3O/c1-19(2,3)15-8-6-14(7-9-15)18(23)22-11-4-5-16-17(10-12-22)21-13-20-16/h6-9,13H,4-5,10-12H2,1-3H3,(H,20,21). The Morgan fingerprint density at radius 1 is 1.13 bits per heavy atom. The van der Waals surface area contributed by atoms with Gasteiger partial charge in [0, 0.05) is 30.8 Å². The number of benzene rings is 1. The molecule has 1 aromatic heterocycles. The number of aromatic nitrogens is 2. The smallest absolute Gasteiger partial charge is 0.253 e. The zero-order chi connectivity index (χ0) is 16.4. The molecule has 0 aliphatic carbocycles. The van der Waals surface area contributed by atoms with Crippen molar-refractivity contribution in [3.63, 3.8) is 0 Å². The van der Waals surface area contributed by atoms with Crippen LogP contribution in [0.25, 0.3) is 0 Å². The molecule has 3 rings (SSSR count). The molecule has 1 aliphatic rings. The highest BCUT2D eigenvalue weighted by Gasteiger charge is 2.20. The van der Waals surface area contributed by atoms with Crippen LogP contribution in [0, 0.1) is 0 Å². The molecule has 1 aliphatic heterocycles. The van der Waals surface area contributed by atoms with Gasteiger partial charge < -0.3 is 9.88 Å². The number of fused-ring (bicyclic) bond motifs is 1. The maximum atomic E-state index is 12.8. The summed E-state index contributed by atoms with van der Waals surface area (Å²) in [5.74, 6) is 0.129. The van der Waals surface area contributed by atoms with Crippen molar-refractivity contribution in [3.8, 4) is 0 Å². The molecule has 2 heterocycles. The minimum Gasteiger partial charge on any atom is -0.348 e. The number of nitrogens with zero attached hydrogens (tertiary/aromatic N) is 2. The predicted octanol–water partition coefficient (Wildman–Crippen LogP) is 3.34. The van der Waals surface area contributed by atoms with E-state index in [4.69, 9.17) is 0 Å². The van der Waals surface area contributed by atoms with Gasteiger partial charge in [-0.25, -0.2) is 4.98 Å². The topological polar surface area (TPSA) is 49.0 Å². The molecule has 0 radical (unpaired) electrons. The quantitative estimate of drug-likeness (QED) is 0.878. The van der Waals surface area contributed by atoms with Gasteiger partial charge in [-0.2, -0.15) is 0 Å². The van der Waals surface area contributed by atoms with Crippen molar-refractivity contribution < 1.29 is 4.79 Å². The summed E-state index contributed by atoms with van der Waals surface area (Å²) in [5.41, 5.74) is 4.47. The van der Waals surface area contributed by atoms with Crippen LogP contribution in [0.2, 0.25) is 0 Å². The van der Waals surface area contributed by atoms with Gasteiger partial charge in [0.05, 0.1) is 12.0 Å². The highest BCUT2D eigenvalue weighted by molar-refractivity contribution is 5.94. The van der Waals surface area contributed by atoms with Crippen LogP contribution in [0.5, 0.6) is 0 Å². The molecular weight excluding hydrogens is 286 g/mol. The third kappa shape index (κ3) is 3.46. The number of aryl methyl sites for hydroxylation is 1. The molecule has 4 heteroatoms. The Balaban J connectivity index is 1.73. The van der Waals surface area contributed by atoms with Gasteiger partial charge in [-0.05, 0) is 36.0 Å². The highest BCUT2D eigenvalue weighted by atomic mass is 16.2. The van der Waals surface area contributed by atoms with Gasteiger partial charge in [-0.15, -0.1) is 0 Å². The van der Waals surface area contributed by atoms with Gasteiger partial charge >= 0.3 is 0 Å².